The third kappa shape index (κ3) is 6.07. The summed E-state index contributed by atoms with van der Waals surface area (Å²) < 4.78 is 0. The molecule has 1 aromatic carbocycles. The minimum atomic E-state index is -1.67. The Kier molecular flexibility index (Phi) is 8.45. The van der Waals surface area contributed by atoms with Crippen LogP contribution in [0.2, 0.25) is 0 Å². The van der Waals surface area contributed by atoms with Crippen LogP contribution in [0.1, 0.15) is 38.7 Å². The predicted octanol–water partition coefficient (Wildman–Crippen LogP) is 0.964. The summed E-state index contributed by atoms with van der Waals surface area (Å²) in [6.07, 6.45) is 2.18. The highest BCUT2D eigenvalue weighted by Crippen LogP contribution is 2.17. The van der Waals surface area contributed by atoms with Crippen molar-refractivity contribution in [2.75, 3.05) is 6.54 Å². The predicted molar refractivity (Wildman–Crippen MR) is 97.8 cm³/mol. The van der Waals surface area contributed by atoms with E-state index in [1.807, 2.05) is 44.2 Å². The molecule has 0 fully saturated rings. The number of rotatable bonds is 11. The van der Waals surface area contributed by atoms with Crippen molar-refractivity contribution in [3.8, 4) is 0 Å². The minimum Gasteiger partial charge on any atom is -0.344 e. The number of amides is 1. The summed E-state index contributed by atoms with van der Waals surface area (Å²) in [5.41, 5.74) is 10.9. The van der Waals surface area contributed by atoms with Crippen LogP contribution in [0.3, 0.4) is 0 Å². The molecule has 0 saturated carbocycles. The molecule has 25 heavy (non-hydrogen) atoms. The molecule has 6 nitrogen and oxygen atoms in total. The Morgan fingerprint density at radius 3 is 2.36 bits per heavy atom. The Morgan fingerprint density at radius 2 is 1.84 bits per heavy atom. The first-order valence-electron chi connectivity index (χ1n) is 8.67. The van der Waals surface area contributed by atoms with Crippen molar-refractivity contribution in [2.45, 2.75) is 51.1 Å². The molecule has 1 rings (SSSR count). The van der Waals surface area contributed by atoms with Gasteiger partial charge in [0.15, 0.2) is 11.3 Å². The molecular weight excluding hydrogens is 318 g/mol. The number of hydrogen-bond donors (Lipinski definition) is 3. The number of hydrogen-bond acceptors (Lipinski definition) is 5. The highest BCUT2D eigenvalue weighted by atomic mass is 16.2. The van der Waals surface area contributed by atoms with E-state index in [0.717, 1.165) is 5.56 Å². The number of unbranched alkanes of at least 4 members (excludes halogenated alkanes) is 1. The maximum Gasteiger partial charge on any atom is 0.248 e. The first-order valence-corrected chi connectivity index (χ1v) is 8.67. The lowest BCUT2D eigenvalue weighted by Gasteiger charge is -2.29. The Morgan fingerprint density at radius 1 is 1.20 bits per heavy atom. The van der Waals surface area contributed by atoms with Gasteiger partial charge in [-0.15, -0.1) is 0 Å². The van der Waals surface area contributed by atoms with Crippen molar-refractivity contribution < 1.29 is 14.4 Å². The van der Waals surface area contributed by atoms with Crippen LogP contribution in [0, 0.1) is 5.92 Å². The van der Waals surface area contributed by atoms with E-state index in [0.29, 0.717) is 25.7 Å². The second-order valence-electron chi connectivity index (χ2n) is 6.68. The molecule has 138 valence electrons. The summed E-state index contributed by atoms with van der Waals surface area (Å²) in [6.45, 7) is 4.10. The summed E-state index contributed by atoms with van der Waals surface area (Å²) in [4.78, 5) is 36.7. The molecule has 0 aliphatic rings. The minimum absolute atomic E-state index is 0.0703. The number of benzene rings is 1. The molecule has 1 aromatic rings. The molecule has 0 aliphatic carbocycles. The van der Waals surface area contributed by atoms with Crippen molar-refractivity contribution in [1.29, 1.82) is 0 Å². The molecule has 0 saturated heterocycles. The van der Waals surface area contributed by atoms with Gasteiger partial charge in [0.05, 0.1) is 6.04 Å². The zero-order valence-electron chi connectivity index (χ0n) is 15.0. The zero-order valence-corrected chi connectivity index (χ0v) is 15.0. The Bertz CT molecular complexity index is 575. The van der Waals surface area contributed by atoms with Crippen molar-refractivity contribution >= 4 is 18.0 Å². The maximum atomic E-state index is 12.8. The van der Waals surface area contributed by atoms with Crippen LogP contribution in [-0.4, -0.2) is 36.1 Å². The van der Waals surface area contributed by atoms with E-state index < -0.39 is 17.5 Å². The van der Waals surface area contributed by atoms with E-state index in [1.54, 1.807) is 0 Å². The summed E-state index contributed by atoms with van der Waals surface area (Å²) in [7, 11) is 0. The second kappa shape index (κ2) is 10.1. The number of carbonyl (C=O) groups is 3. The van der Waals surface area contributed by atoms with Gasteiger partial charge in [-0.25, -0.2) is 0 Å². The SMILES string of the molecule is CC(C)[C@@H](C=O)NC(=O)[C@@](N)(CCCCN)C(=O)Cc1ccccc1. The van der Waals surface area contributed by atoms with Gasteiger partial charge in [0.25, 0.3) is 0 Å². The molecule has 0 spiro atoms. The van der Waals surface area contributed by atoms with Crippen LogP contribution >= 0.6 is 0 Å². The summed E-state index contributed by atoms with van der Waals surface area (Å²) in [6, 6.07) is 8.48. The summed E-state index contributed by atoms with van der Waals surface area (Å²) in [5, 5.41) is 2.62. The summed E-state index contributed by atoms with van der Waals surface area (Å²) >= 11 is 0. The number of nitrogens with one attached hydrogen (secondary N) is 1. The van der Waals surface area contributed by atoms with E-state index in [-0.39, 0.29) is 24.5 Å². The average Bonchev–Trinajstić information content (AvgIpc) is 2.59. The van der Waals surface area contributed by atoms with E-state index >= 15 is 0 Å². The molecule has 1 amide bonds. The van der Waals surface area contributed by atoms with Gasteiger partial charge >= 0.3 is 0 Å². The number of aldehydes is 1. The maximum absolute atomic E-state index is 12.8. The molecule has 6 heteroatoms. The molecule has 5 N–H and O–H groups in total. The van der Waals surface area contributed by atoms with Crippen LogP contribution in [0.15, 0.2) is 30.3 Å². The monoisotopic (exact) mass is 347 g/mol. The lowest BCUT2D eigenvalue weighted by Crippen LogP contribution is -2.62. The molecular formula is C19H29N3O3. The highest BCUT2D eigenvalue weighted by molar-refractivity contribution is 6.11. The quantitative estimate of drug-likeness (QED) is 0.313. The number of ketones is 1. The third-order valence-corrected chi connectivity index (χ3v) is 4.30. The zero-order chi connectivity index (χ0) is 18.9. The smallest absolute Gasteiger partial charge is 0.248 e. The molecule has 0 heterocycles. The van der Waals surface area contributed by atoms with Crippen molar-refractivity contribution in [2.24, 2.45) is 17.4 Å². The first-order chi connectivity index (χ1) is 11.8. The Hall–Kier alpha value is -2.05. The van der Waals surface area contributed by atoms with Gasteiger partial charge in [0.2, 0.25) is 5.91 Å². The molecule has 0 radical (unpaired) electrons. The molecule has 0 aromatic heterocycles. The van der Waals surface area contributed by atoms with Gasteiger partial charge in [-0.3, -0.25) is 9.59 Å². The number of Topliss-reactive ketones (excluding diaryl/α,β-unsaturated/α-hetero) is 1. The molecule has 2 atom stereocenters. The van der Waals surface area contributed by atoms with E-state index in [2.05, 4.69) is 5.32 Å². The van der Waals surface area contributed by atoms with Crippen LogP contribution in [-0.2, 0) is 20.8 Å². The highest BCUT2D eigenvalue weighted by Gasteiger charge is 2.41. The van der Waals surface area contributed by atoms with Gasteiger partial charge in [-0.1, -0.05) is 44.2 Å². The second-order valence-corrected chi connectivity index (χ2v) is 6.68. The van der Waals surface area contributed by atoms with Crippen molar-refractivity contribution in [3.63, 3.8) is 0 Å². The fraction of sp³-hybridized carbons (Fsp3) is 0.526. The molecule has 0 aliphatic heterocycles. The molecule has 0 unspecified atom stereocenters. The third-order valence-electron chi connectivity index (χ3n) is 4.30. The standard InChI is InChI=1S/C19H29N3O3/c1-14(2)16(13-23)22-18(25)19(21,10-6-7-11-20)17(24)12-15-8-4-3-5-9-15/h3-5,8-9,13-14,16H,6-7,10-12,20-21H2,1-2H3,(H,22,25)/t16-,19-/m1/s1. The fourth-order valence-corrected chi connectivity index (χ4v) is 2.50. The van der Waals surface area contributed by atoms with Gasteiger partial charge in [-0.2, -0.15) is 0 Å². The van der Waals surface area contributed by atoms with Gasteiger partial charge in [0.1, 0.15) is 6.29 Å². The van der Waals surface area contributed by atoms with Crippen LogP contribution in [0.5, 0.6) is 0 Å². The van der Waals surface area contributed by atoms with Crippen LogP contribution in [0.4, 0.5) is 0 Å². The van der Waals surface area contributed by atoms with Gasteiger partial charge in [-0.05, 0) is 37.3 Å². The number of carbonyl (C=O) groups excluding carboxylic acids is 3. The molecule has 0 bridgehead atoms. The van der Waals surface area contributed by atoms with E-state index in [1.165, 1.54) is 0 Å². The van der Waals surface area contributed by atoms with Crippen LogP contribution in [0.25, 0.3) is 0 Å². The first kappa shape index (κ1) is 21.0. The van der Waals surface area contributed by atoms with E-state index in [9.17, 15) is 14.4 Å². The van der Waals surface area contributed by atoms with Crippen molar-refractivity contribution in [3.05, 3.63) is 35.9 Å². The average molecular weight is 347 g/mol. The Balaban J connectivity index is 2.96. The van der Waals surface area contributed by atoms with E-state index in [4.69, 9.17) is 11.5 Å². The Labute approximate surface area is 149 Å². The van der Waals surface area contributed by atoms with Crippen molar-refractivity contribution in [1.82, 2.24) is 5.32 Å². The number of nitrogens with two attached hydrogens (primary N) is 2. The lowest BCUT2D eigenvalue weighted by atomic mass is 9.84. The van der Waals surface area contributed by atoms with Gasteiger partial charge in [0, 0.05) is 6.42 Å². The topological polar surface area (TPSA) is 115 Å². The normalized spacial score (nSPS) is 14.6. The lowest BCUT2D eigenvalue weighted by molar-refractivity contribution is -0.137. The summed E-state index contributed by atoms with van der Waals surface area (Å²) in [5.74, 6) is -1.04. The van der Waals surface area contributed by atoms with Gasteiger partial charge < -0.3 is 21.6 Å². The van der Waals surface area contributed by atoms with Crippen LogP contribution < -0.4 is 16.8 Å². The fourth-order valence-electron chi connectivity index (χ4n) is 2.50. The largest absolute Gasteiger partial charge is 0.344 e.